The summed E-state index contributed by atoms with van der Waals surface area (Å²) in [6, 6.07) is 1.75. The Morgan fingerprint density at radius 1 is 1.55 bits per heavy atom. The number of morpholine rings is 1. The molecular weight excluding hydrogens is 257 g/mol. The molecule has 1 saturated heterocycles. The van der Waals surface area contributed by atoms with Gasteiger partial charge in [0.05, 0.1) is 12.7 Å². The van der Waals surface area contributed by atoms with Crippen LogP contribution in [-0.4, -0.2) is 37.3 Å². The summed E-state index contributed by atoms with van der Waals surface area (Å²) in [5.41, 5.74) is 0.676. The van der Waals surface area contributed by atoms with Gasteiger partial charge in [-0.3, -0.25) is 0 Å². The quantitative estimate of drug-likeness (QED) is 0.898. The lowest BCUT2D eigenvalue weighted by Crippen LogP contribution is -2.42. The van der Waals surface area contributed by atoms with E-state index in [0.717, 1.165) is 6.54 Å². The van der Waals surface area contributed by atoms with Gasteiger partial charge in [-0.2, -0.15) is 0 Å². The van der Waals surface area contributed by atoms with E-state index < -0.39 is 0 Å². The molecule has 2 heterocycles. The predicted octanol–water partition coefficient (Wildman–Crippen LogP) is 2.19. The highest BCUT2D eigenvalue weighted by Gasteiger charge is 2.21. The van der Waals surface area contributed by atoms with Crippen molar-refractivity contribution in [2.45, 2.75) is 33.4 Å². The van der Waals surface area contributed by atoms with E-state index in [-0.39, 0.29) is 11.9 Å². The molecule has 112 valence electrons. The monoisotopic (exact) mass is 281 g/mol. The Bertz CT molecular complexity index is 439. The van der Waals surface area contributed by atoms with Crippen molar-refractivity contribution in [1.29, 1.82) is 0 Å². The number of hydrogen-bond donors (Lipinski definition) is 1. The second-order valence-corrected chi connectivity index (χ2v) is 5.76. The minimum absolute atomic E-state index is 0.118. The second kappa shape index (κ2) is 6.99. The lowest BCUT2D eigenvalue weighted by Gasteiger charge is -2.32. The maximum atomic E-state index is 14.5. The lowest BCUT2D eigenvalue weighted by molar-refractivity contribution is 0.0527. The molecule has 1 aliphatic heterocycles. The van der Waals surface area contributed by atoms with Crippen molar-refractivity contribution in [1.82, 2.24) is 10.3 Å². The number of rotatable bonds is 5. The molecule has 1 fully saturated rings. The molecule has 5 heteroatoms. The van der Waals surface area contributed by atoms with Crippen LogP contribution < -0.4 is 10.2 Å². The van der Waals surface area contributed by atoms with Gasteiger partial charge in [0.1, 0.15) is 0 Å². The second-order valence-electron chi connectivity index (χ2n) is 5.76. The van der Waals surface area contributed by atoms with Crippen LogP contribution in [-0.2, 0) is 11.3 Å². The Balaban J connectivity index is 2.06. The Kier molecular flexibility index (Phi) is 5.31. The molecule has 4 nitrogen and oxygen atoms in total. The highest BCUT2D eigenvalue weighted by Crippen LogP contribution is 2.21. The van der Waals surface area contributed by atoms with E-state index in [2.05, 4.69) is 24.1 Å². The van der Waals surface area contributed by atoms with Crippen molar-refractivity contribution < 1.29 is 9.13 Å². The molecule has 0 aromatic carbocycles. The van der Waals surface area contributed by atoms with E-state index >= 15 is 0 Å². The standard InChI is InChI=1S/C15H24FN3O/c1-11(2)8-17-9-13-4-5-18-15(14(13)16)19-6-7-20-12(3)10-19/h4-5,11-12,17H,6-10H2,1-3H3. The number of pyridine rings is 1. The van der Waals surface area contributed by atoms with Gasteiger partial charge < -0.3 is 15.0 Å². The minimum atomic E-state index is -0.210. The van der Waals surface area contributed by atoms with Crippen LogP contribution in [0.25, 0.3) is 0 Å². The van der Waals surface area contributed by atoms with Crippen LogP contribution >= 0.6 is 0 Å². The fourth-order valence-corrected chi connectivity index (χ4v) is 2.33. The van der Waals surface area contributed by atoms with Crippen molar-refractivity contribution in [3.63, 3.8) is 0 Å². The van der Waals surface area contributed by atoms with Crippen molar-refractivity contribution in [2.75, 3.05) is 31.1 Å². The summed E-state index contributed by atoms with van der Waals surface area (Å²) in [6.45, 7) is 9.69. The Hall–Kier alpha value is -1.20. The zero-order valence-electron chi connectivity index (χ0n) is 12.5. The molecule has 2 rings (SSSR count). The third-order valence-electron chi connectivity index (χ3n) is 3.36. The molecule has 1 atom stereocenters. The van der Waals surface area contributed by atoms with Gasteiger partial charge in [0.2, 0.25) is 0 Å². The average molecular weight is 281 g/mol. The molecule has 0 radical (unpaired) electrons. The minimum Gasteiger partial charge on any atom is -0.375 e. The zero-order chi connectivity index (χ0) is 14.5. The number of nitrogens with one attached hydrogen (secondary N) is 1. The summed E-state index contributed by atoms with van der Waals surface area (Å²) in [7, 11) is 0. The largest absolute Gasteiger partial charge is 0.375 e. The molecule has 0 saturated carbocycles. The van der Waals surface area contributed by atoms with Crippen LogP contribution in [0.4, 0.5) is 10.2 Å². The van der Waals surface area contributed by atoms with Gasteiger partial charge in [-0.25, -0.2) is 9.37 Å². The highest BCUT2D eigenvalue weighted by molar-refractivity contribution is 5.43. The first-order valence-corrected chi connectivity index (χ1v) is 7.28. The first-order valence-electron chi connectivity index (χ1n) is 7.28. The number of nitrogens with zero attached hydrogens (tertiary/aromatic N) is 2. The molecule has 0 aliphatic carbocycles. The summed E-state index contributed by atoms with van der Waals surface area (Å²) in [6.07, 6.45) is 1.80. The zero-order valence-corrected chi connectivity index (χ0v) is 12.5. The number of anilines is 1. The van der Waals surface area contributed by atoms with Gasteiger partial charge in [-0.15, -0.1) is 0 Å². The molecule has 1 N–H and O–H groups in total. The van der Waals surface area contributed by atoms with Crippen LogP contribution in [0.1, 0.15) is 26.3 Å². The number of aromatic nitrogens is 1. The maximum Gasteiger partial charge on any atom is 0.170 e. The van der Waals surface area contributed by atoms with E-state index in [1.807, 2.05) is 11.8 Å². The molecule has 0 amide bonds. The predicted molar refractivity (Wildman–Crippen MR) is 78.4 cm³/mol. The fraction of sp³-hybridized carbons (Fsp3) is 0.667. The number of halogens is 1. The molecule has 1 unspecified atom stereocenters. The van der Waals surface area contributed by atoms with Gasteiger partial charge in [-0.1, -0.05) is 13.8 Å². The van der Waals surface area contributed by atoms with E-state index in [4.69, 9.17) is 4.74 Å². The van der Waals surface area contributed by atoms with Gasteiger partial charge in [0.25, 0.3) is 0 Å². The van der Waals surface area contributed by atoms with Crippen molar-refractivity contribution in [2.24, 2.45) is 5.92 Å². The molecule has 1 aliphatic rings. The van der Waals surface area contributed by atoms with Crippen LogP contribution in [0, 0.1) is 11.7 Å². The highest BCUT2D eigenvalue weighted by atomic mass is 19.1. The molecule has 0 spiro atoms. The first-order chi connectivity index (χ1) is 9.58. The van der Waals surface area contributed by atoms with Gasteiger partial charge >= 0.3 is 0 Å². The third kappa shape index (κ3) is 3.90. The smallest absolute Gasteiger partial charge is 0.170 e. The summed E-state index contributed by atoms with van der Waals surface area (Å²) in [5.74, 6) is 0.793. The normalized spacial score (nSPS) is 19.6. The fourth-order valence-electron chi connectivity index (χ4n) is 2.33. The molecule has 0 bridgehead atoms. The maximum absolute atomic E-state index is 14.5. The third-order valence-corrected chi connectivity index (χ3v) is 3.36. The Morgan fingerprint density at radius 3 is 3.05 bits per heavy atom. The first kappa shape index (κ1) is 15.2. The van der Waals surface area contributed by atoms with E-state index in [1.54, 1.807) is 12.3 Å². The number of ether oxygens (including phenoxy) is 1. The van der Waals surface area contributed by atoms with Crippen LogP contribution in [0.15, 0.2) is 12.3 Å². The van der Waals surface area contributed by atoms with E-state index in [0.29, 0.717) is 43.5 Å². The van der Waals surface area contributed by atoms with Crippen LogP contribution in [0.2, 0.25) is 0 Å². The Morgan fingerprint density at radius 2 is 2.35 bits per heavy atom. The topological polar surface area (TPSA) is 37.4 Å². The Labute approximate surface area is 120 Å². The summed E-state index contributed by atoms with van der Waals surface area (Å²) in [4.78, 5) is 6.18. The SMILES string of the molecule is CC(C)CNCc1ccnc(N2CCOC(C)C2)c1F. The summed E-state index contributed by atoms with van der Waals surface area (Å²) < 4.78 is 20.0. The van der Waals surface area contributed by atoms with E-state index in [1.165, 1.54) is 0 Å². The van der Waals surface area contributed by atoms with Gasteiger partial charge in [0, 0.05) is 31.4 Å². The van der Waals surface area contributed by atoms with Crippen LogP contribution in [0.3, 0.4) is 0 Å². The molecule has 1 aromatic rings. The van der Waals surface area contributed by atoms with Crippen LogP contribution in [0.5, 0.6) is 0 Å². The van der Waals surface area contributed by atoms with Crippen molar-refractivity contribution in [3.8, 4) is 0 Å². The molecule has 1 aromatic heterocycles. The molecular formula is C15H24FN3O. The van der Waals surface area contributed by atoms with E-state index in [9.17, 15) is 4.39 Å². The average Bonchev–Trinajstić information content (AvgIpc) is 2.40. The number of hydrogen-bond acceptors (Lipinski definition) is 4. The molecule has 20 heavy (non-hydrogen) atoms. The van der Waals surface area contributed by atoms with Crippen molar-refractivity contribution >= 4 is 5.82 Å². The van der Waals surface area contributed by atoms with Gasteiger partial charge in [0.15, 0.2) is 11.6 Å². The van der Waals surface area contributed by atoms with Crippen molar-refractivity contribution in [3.05, 3.63) is 23.6 Å². The summed E-state index contributed by atoms with van der Waals surface area (Å²) >= 11 is 0. The lowest BCUT2D eigenvalue weighted by atomic mass is 10.2. The summed E-state index contributed by atoms with van der Waals surface area (Å²) in [5, 5.41) is 3.27. The van der Waals surface area contributed by atoms with Gasteiger partial charge in [-0.05, 0) is 25.5 Å².